The van der Waals surface area contributed by atoms with E-state index in [-0.39, 0.29) is 24.0 Å². The van der Waals surface area contributed by atoms with Gasteiger partial charge in [0.2, 0.25) is 0 Å². The molecule has 8 heteroatoms. The van der Waals surface area contributed by atoms with Gasteiger partial charge in [0.15, 0.2) is 5.96 Å². The highest BCUT2D eigenvalue weighted by Gasteiger charge is 2.15. The molecule has 3 aromatic rings. The molecule has 1 aliphatic rings. The summed E-state index contributed by atoms with van der Waals surface area (Å²) in [6.07, 6.45) is 4.89. The molecule has 3 N–H and O–H groups in total. The van der Waals surface area contributed by atoms with Crippen molar-refractivity contribution in [2.24, 2.45) is 4.99 Å². The topological polar surface area (TPSA) is 77.6 Å². The molecular formula is C24H33IN6O. The van der Waals surface area contributed by atoms with Gasteiger partial charge in [-0.2, -0.15) is 0 Å². The van der Waals surface area contributed by atoms with Gasteiger partial charge in [0, 0.05) is 55.0 Å². The van der Waals surface area contributed by atoms with E-state index in [0.29, 0.717) is 6.54 Å². The SMILES string of the molecule is CCNC(=NCc1cccnc1N1CCOCC1)NCCc1c[nH]c2cc(C)ccc12.I. The Hall–Kier alpha value is -2.33. The molecule has 0 spiro atoms. The number of guanidine groups is 1. The molecule has 32 heavy (non-hydrogen) atoms. The monoisotopic (exact) mass is 548 g/mol. The molecule has 0 aliphatic carbocycles. The van der Waals surface area contributed by atoms with Crippen molar-refractivity contribution in [2.45, 2.75) is 26.8 Å². The van der Waals surface area contributed by atoms with E-state index >= 15 is 0 Å². The molecule has 7 nitrogen and oxygen atoms in total. The summed E-state index contributed by atoms with van der Waals surface area (Å²) >= 11 is 0. The summed E-state index contributed by atoms with van der Waals surface area (Å²) in [6.45, 7) is 9.66. The average molecular weight is 548 g/mol. The highest BCUT2D eigenvalue weighted by atomic mass is 127. The minimum Gasteiger partial charge on any atom is -0.378 e. The lowest BCUT2D eigenvalue weighted by Gasteiger charge is -2.29. The van der Waals surface area contributed by atoms with Crippen LogP contribution in [0, 0.1) is 6.92 Å². The molecule has 0 bridgehead atoms. The molecule has 0 amide bonds. The number of aryl methyl sites for hydroxylation is 1. The fraction of sp³-hybridized carbons (Fsp3) is 0.417. The predicted octanol–water partition coefficient (Wildman–Crippen LogP) is 3.62. The maximum Gasteiger partial charge on any atom is 0.191 e. The number of morpholine rings is 1. The van der Waals surface area contributed by atoms with Crippen molar-refractivity contribution in [1.29, 1.82) is 0 Å². The van der Waals surface area contributed by atoms with Gasteiger partial charge in [0.05, 0.1) is 19.8 Å². The number of benzene rings is 1. The summed E-state index contributed by atoms with van der Waals surface area (Å²) < 4.78 is 5.48. The van der Waals surface area contributed by atoms with Crippen molar-refractivity contribution in [2.75, 3.05) is 44.3 Å². The third-order valence-electron chi connectivity index (χ3n) is 5.54. The van der Waals surface area contributed by atoms with Crippen LogP contribution in [0.25, 0.3) is 10.9 Å². The summed E-state index contributed by atoms with van der Waals surface area (Å²) in [5, 5.41) is 8.12. The number of anilines is 1. The number of aromatic amines is 1. The second-order valence-electron chi connectivity index (χ2n) is 7.82. The lowest BCUT2D eigenvalue weighted by molar-refractivity contribution is 0.122. The average Bonchev–Trinajstić information content (AvgIpc) is 3.20. The maximum atomic E-state index is 5.48. The van der Waals surface area contributed by atoms with Crippen LogP contribution >= 0.6 is 24.0 Å². The van der Waals surface area contributed by atoms with Crippen LogP contribution in [0.5, 0.6) is 0 Å². The summed E-state index contributed by atoms with van der Waals surface area (Å²) in [4.78, 5) is 15.1. The smallest absolute Gasteiger partial charge is 0.191 e. The van der Waals surface area contributed by atoms with Crippen LogP contribution in [0.15, 0.2) is 47.7 Å². The summed E-state index contributed by atoms with van der Waals surface area (Å²) in [5.41, 5.74) is 4.92. The van der Waals surface area contributed by atoms with Crippen molar-refractivity contribution < 1.29 is 4.74 Å². The Morgan fingerprint density at radius 1 is 1.19 bits per heavy atom. The number of hydrogen-bond acceptors (Lipinski definition) is 4. The number of aromatic nitrogens is 2. The van der Waals surface area contributed by atoms with E-state index in [0.717, 1.165) is 63.2 Å². The number of rotatable bonds is 7. The van der Waals surface area contributed by atoms with Crippen molar-refractivity contribution in [1.82, 2.24) is 20.6 Å². The van der Waals surface area contributed by atoms with Gasteiger partial charge >= 0.3 is 0 Å². The van der Waals surface area contributed by atoms with E-state index in [9.17, 15) is 0 Å². The summed E-state index contributed by atoms with van der Waals surface area (Å²) in [5.74, 6) is 1.84. The van der Waals surface area contributed by atoms with Crippen LogP contribution in [-0.2, 0) is 17.7 Å². The molecule has 2 aromatic heterocycles. The predicted molar refractivity (Wildman–Crippen MR) is 142 cm³/mol. The molecule has 1 fully saturated rings. The van der Waals surface area contributed by atoms with Gasteiger partial charge in [-0.15, -0.1) is 24.0 Å². The lowest BCUT2D eigenvalue weighted by atomic mass is 10.1. The first-order valence-corrected chi connectivity index (χ1v) is 11.1. The Bertz CT molecular complexity index is 1030. The van der Waals surface area contributed by atoms with Gasteiger partial charge in [-0.05, 0) is 43.5 Å². The number of hydrogen-bond donors (Lipinski definition) is 3. The molecule has 1 saturated heterocycles. The number of pyridine rings is 1. The first-order chi connectivity index (χ1) is 15.2. The molecule has 1 aliphatic heterocycles. The number of nitrogens with one attached hydrogen (secondary N) is 3. The van der Waals surface area contributed by atoms with Crippen LogP contribution in [0.3, 0.4) is 0 Å². The Morgan fingerprint density at radius 2 is 2.03 bits per heavy atom. The van der Waals surface area contributed by atoms with E-state index in [1.165, 1.54) is 22.0 Å². The number of nitrogens with zero attached hydrogens (tertiary/aromatic N) is 3. The number of ether oxygens (including phenoxy) is 1. The Kier molecular flexibility index (Phi) is 9.16. The Labute approximate surface area is 207 Å². The van der Waals surface area contributed by atoms with E-state index in [1.54, 1.807) is 0 Å². The summed E-state index contributed by atoms with van der Waals surface area (Å²) in [6, 6.07) is 10.6. The molecule has 0 radical (unpaired) electrons. The van der Waals surface area contributed by atoms with Crippen LogP contribution in [-0.4, -0.2) is 55.3 Å². The summed E-state index contributed by atoms with van der Waals surface area (Å²) in [7, 11) is 0. The molecule has 0 unspecified atom stereocenters. The lowest BCUT2D eigenvalue weighted by Crippen LogP contribution is -2.38. The van der Waals surface area contributed by atoms with Crippen LogP contribution in [0.1, 0.15) is 23.6 Å². The van der Waals surface area contributed by atoms with Crippen molar-refractivity contribution in [3.05, 3.63) is 59.4 Å². The number of aliphatic imine (C=N–C) groups is 1. The van der Waals surface area contributed by atoms with Gasteiger partial charge in [0.1, 0.15) is 5.82 Å². The van der Waals surface area contributed by atoms with Crippen LogP contribution < -0.4 is 15.5 Å². The van der Waals surface area contributed by atoms with E-state index < -0.39 is 0 Å². The van der Waals surface area contributed by atoms with E-state index in [4.69, 9.17) is 9.73 Å². The second kappa shape index (κ2) is 12.1. The van der Waals surface area contributed by atoms with Gasteiger partial charge in [-0.25, -0.2) is 9.98 Å². The highest BCUT2D eigenvalue weighted by Crippen LogP contribution is 2.20. The third kappa shape index (κ3) is 6.13. The van der Waals surface area contributed by atoms with Gasteiger partial charge in [0.25, 0.3) is 0 Å². The molecule has 0 saturated carbocycles. The third-order valence-corrected chi connectivity index (χ3v) is 5.54. The van der Waals surface area contributed by atoms with Gasteiger partial charge in [-0.3, -0.25) is 0 Å². The van der Waals surface area contributed by atoms with Crippen LogP contribution in [0.2, 0.25) is 0 Å². The number of fused-ring (bicyclic) bond motifs is 1. The Balaban J connectivity index is 0.00000289. The van der Waals surface area contributed by atoms with E-state index in [2.05, 4.69) is 69.8 Å². The first kappa shape index (κ1) is 24.3. The number of halogens is 1. The zero-order chi connectivity index (χ0) is 21.5. The second-order valence-corrected chi connectivity index (χ2v) is 7.82. The quantitative estimate of drug-likeness (QED) is 0.239. The fourth-order valence-corrected chi connectivity index (χ4v) is 3.94. The van der Waals surface area contributed by atoms with E-state index in [1.807, 2.05) is 12.3 Å². The normalized spacial score (nSPS) is 14.3. The molecule has 0 atom stereocenters. The standard InChI is InChI=1S/C24H32N6O.HI/c1-3-25-24(27-10-8-19-16-28-22-15-18(2)6-7-21(19)22)29-17-20-5-4-9-26-23(20)30-11-13-31-14-12-30;/h4-7,9,15-16,28H,3,8,10-14,17H2,1-2H3,(H2,25,27,29);1H. The minimum atomic E-state index is 0. The molecule has 172 valence electrons. The largest absolute Gasteiger partial charge is 0.378 e. The molecule has 4 rings (SSSR count). The maximum absolute atomic E-state index is 5.48. The molecular weight excluding hydrogens is 515 g/mol. The Morgan fingerprint density at radius 3 is 2.84 bits per heavy atom. The zero-order valence-electron chi connectivity index (χ0n) is 18.9. The minimum absolute atomic E-state index is 0. The van der Waals surface area contributed by atoms with Crippen molar-refractivity contribution in [3.8, 4) is 0 Å². The van der Waals surface area contributed by atoms with Gasteiger partial charge < -0.3 is 25.3 Å². The highest BCUT2D eigenvalue weighted by molar-refractivity contribution is 14.0. The fourth-order valence-electron chi connectivity index (χ4n) is 3.94. The van der Waals surface area contributed by atoms with Crippen molar-refractivity contribution in [3.63, 3.8) is 0 Å². The molecule has 3 heterocycles. The van der Waals surface area contributed by atoms with Gasteiger partial charge in [-0.1, -0.05) is 18.2 Å². The van der Waals surface area contributed by atoms with Crippen LogP contribution in [0.4, 0.5) is 5.82 Å². The molecule has 1 aromatic carbocycles. The zero-order valence-corrected chi connectivity index (χ0v) is 21.2. The number of H-pyrrole nitrogens is 1. The van der Waals surface area contributed by atoms with Crippen molar-refractivity contribution >= 4 is 46.7 Å². The first-order valence-electron chi connectivity index (χ1n) is 11.1.